The van der Waals surface area contributed by atoms with E-state index in [9.17, 15) is 9.59 Å². The lowest BCUT2D eigenvalue weighted by atomic mass is 10.3. The minimum absolute atomic E-state index is 0.0802. The van der Waals surface area contributed by atoms with Crippen molar-refractivity contribution in [2.45, 2.75) is 29.9 Å². The number of thioether (sulfide) groups is 1. The van der Waals surface area contributed by atoms with Crippen LogP contribution >= 0.6 is 23.1 Å². The van der Waals surface area contributed by atoms with Crippen molar-refractivity contribution in [1.82, 2.24) is 4.98 Å². The molecule has 1 aromatic heterocycles. The molecule has 1 amide bonds. The number of nitrogens with one attached hydrogen (secondary N) is 1. The number of hydrogen-bond donors (Lipinski definition) is 1. The van der Waals surface area contributed by atoms with Gasteiger partial charge in [0.2, 0.25) is 5.91 Å². The van der Waals surface area contributed by atoms with Gasteiger partial charge in [0.25, 0.3) is 0 Å². The first-order valence-electron chi connectivity index (χ1n) is 7.21. The van der Waals surface area contributed by atoms with Crippen molar-refractivity contribution in [3.05, 3.63) is 41.4 Å². The van der Waals surface area contributed by atoms with Crippen molar-refractivity contribution in [3.8, 4) is 0 Å². The number of carbonyl (C=O) groups is 2. The van der Waals surface area contributed by atoms with E-state index in [2.05, 4.69) is 10.3 Å². The molecule has 1 aromatic carbocycles. The summed E-state index contributed by atoms with van der Waals surface area (Å²) in [5.41, 5.74) is 1.44. The molecule has 0 spiro atoms. The number of anilines is 1. The maximum Gasteiger partial charge on any atom is 0.311 e. The Balaban J connectivity index is 1.87. The molecule has 0 aliphatic heterocycles. The molecule has 0 saturated carbocycles. The van der Waals surface area contributed by atoms with Crippen LogP contribution in [0.25, 0.3) is 0 Å². The molecule has 122 valence electrons. The van der Waals surface area contributed by atoms with Gasteiger partial charge in [-0.3, -0.25) is 9.59 Å². The topological polar surface area (TPSA) is 68.3 Å². The number of amides is 1. The fourth-order valence-corrected chi connectivity index (χ4v) is 3.73. The van der Waals surface area contributed by atoms with Gasteiger partial charge in [0.1, 0.15) is 0 Å². The molecule has 0 aliphatic carbocycles. The normalized spacial score (nSPS) is 11.7. The Bertz CT molecular complexity index is 658. The second kappa shape index (κ2) is 8.69. The highest BCUT2D eigenvalue weighted by molar-refractivity contribution is 8.02. The van der Waals surface area contributed by atoms with Gasteiger partial charge < -0.3 is 10.1 Å². The minimum atomic E-state index is -0.288. The molecule has 1 atom stereocenters. The second-order valence-electron chi connectivity index (χ2n) is 4.70. The van der Waals surface area contributed by atoms with Crippen LogP contribution in [0, 0.1) is 0 Å². The van der Waals surface area contributed by atoms with Crippen molar-refractivity contribution in [1.29, 1.82) is 0 Å². The molecule has 1 heterocycles. The van der Waals surface area contributed by atoms with E-state index in [0.29, 0.717) is 12.3 Å². The molecule has 1 N–H and O–H groups in total. The Morgan fingerprint density at radius 2 is 2.09 bits per heavy atom. The van der Waals surface area contributed by atoms with Gasteiger partial charge in [-0.25, -0.2) is 4.98 Å². The van der Waals surface area contributed by atoms with E-state index in [-0.39, 0.29) is 23.5 Å². The Hall–Kier alpha value is -1.86. The highest BCUT2D eigenvalue weighted by Gasteiger charge is 2.17. The lowest BCUT2D eigenvalue weighted by Crippen LogP contribution is -2.22. The molecular weight excluding hydrogens is 332 g/mol. The van der Waals surface area contributed by atoms with Crippen LogP contribution in [0.5, 0.6) is 0 Å². The fraction of sp³-hybridized carbons (Fsp3) is 0.312. The molecule has 0 aliphatic rings. The Kier molecular flexibility index (Phi) is 6.61. The largest absolute Gasteiger partial charge is 0.466 e. The van der Waals surface area contributed by atoms with E-state index in [1.807, 2.05) is 42.6 Å². The summed E-state index contributed by atoms with van der Waals surface area (Å²) in [5.74, 6) is -0.368. The first-order valence-corrected chi connectivity index (χ1v) is 8.97. The zero-order valence-corrected chi connectivity index (χ0v) is 14.6. The second-order valence-corrected chi connectivity index (χ2v) is 7.15. The third-order valence-electron chi connectivity index (χ3n) is 2.85. The fourth-order valence-electron chi connectivity index (χ4n) is 1.75. The van der Waals surface area contributed by atoms with Crippen LogP contribution in [0.4, 0.5) is 5.69 Å². The summed E-state index contributed by atoms with van der Waals surface area (Å²) in [7, 11) is 0. The Morgan fingerprint density at radius 1 is 1.35 bits per heavy atom. The monoisotopic (exact) mass is 350 g/mol. The summed E-state index contributed by atoms with van der Waals surface area (Å²) in [6, 6.07) is 9.33. The molecule has 0 bridgehead atoms. The van der Waals surface area contributed by atoms with E-state index < -0.39 is 0 Å². The SMILES string of the molecule is CCOC(=O)Cc1csc(S[C@@H](C)C(=O)Nc2ccccc2)n1. The number of hydrogen-bond acceptors (Lipinski definition) is 6. The maximum atomic E-state index is 12.2. The first-order chi connectivity index (χ1) is 11.1. The number of nitrogens with zero attached hydrogens (tertiary/aromatic N) is 1. The number of benzene rings is 1. The number of ether oxygens (including phenoxy) is 1. The van der Waals surface area contributed by atoms with Gasteiger partial charge in [-0.1, -0.05) is 30.0 Å². The smallest absolute Gasteiger partial charge is 0.311 e. The van der Waals surface area contributed by atoms with Crippen LogP contribution in [0.15, 0.2) is 40.1 Å². The third-order valence-corrected chi connectivity index (χ3v) is 4.97. The van der Waals surface area contributed by atoms with Crippen LogP contribution in [0.1, 0.15) is 19.5 Å². The predicted octanol–water partition coefficient (Wildman–Crippen LogP) is 3.37. The number of aromatic nitrogens is 1. The van der Waals surface area contributed by atoms with E-state index >= 15 is 0 Å². The first kappa shape index (κ1) is 17.5. The van der Waals surface area contributed by atoms with Gasteiger partial charge in [-0.15, -0.1) is 11.3 Å². The van der Waals surface area contributed by atoms with Gasteiger partial charge in [-0.05, 0) is 26.0 Å². The number of thiazole rings is 1. The summed E-state index contributed by atoms with van der Waals surface area (Å²) in [6.07, 6.45) is 0.162. The van der Waals surface area contributed by atoms with Crippen LogP contribution in [-0.2, 0) is 20.7 Å². The van der Waals surface area contributed by atoms with Gasteiger partial charge in [0, 0.05) is 11.1 Å². The van der Waals surface area contributed by atoms with Gasteiger partial charge in [0.15, 0.2) is 4.34 Å². The van der Waals surface area contributed by atoms with E-state index in [1.165, 1.54) is 23.1 Å². The van der Waals surface area contributed by atoms with E-state index in [0.717, 1.165) is 10.0 Å². The molecule has 2 rings (SSSR count). The molecule has 0 unspecified atom stereocenters. The molecular formula is C16H18N2O3S2. The molecule has 23 heavy (non-hydrogen) atoms. The summed E-state index contributed by atoms with van der Waals surface area (Å²) in [5, 5.41) is 4.40. The third kappa shape index (κ3) is 5.69. The average molecular weight is 350 g/mol. The lowest BCUT2D eigenvalue weighted by Gasteiger charge is -2.10. The Labute approximate surface area is 143 Å². The van der Waals surface area contributed by atoms with Gasteiger partial charge in [-0.2, -0.15) is 0 Å². The van der Waals surface area contributed by atoms with Crippen molar-refractivity contribution in [2.75, 3.05) is 11.9 Å². The van der Waals surface area contributed by atoms with Gasteiger partial charge in [0.05, 0.1) is 24.0 Å². The van der Waals surface area contributed by atoms with Crippen LogP contribution in [0.3, 0.4) is 0 Å². The summed E-state index contributed by atoms with van der Waals surface area (Å²) in [6.45, 7) is 3.96. The van der Waals surface area contributed by atoms with Crippen molar-refractivity contribution in [2.24, 2.45) is 0 Å². The number of rotatable bonds is 7. The predicted molar refractivity (Wildman–Crippen MR) is 92.8 cm³/mol. The molecule has 5 nitrogen and oxygen atoms in total. The maximum absolute atomic E-state index is 12.2. The zero-order valence-electron chi connectivity index (χ0n) is 12.9. The van der Waals surface area contributed by atoms with Crippen LogP contribution in [-0.4, -0.2) is 28.7 Å². The molecule has 2 aromatic rings. The molecule has 0 saturated heterocycles. The average Bonchev–Trinajstić information content (AvgIpc) is 2.95. The highest BCUT2D eigenvalue weighted by atomic mass is 32.2. The standard InChI is InChI=1S/C16H18N2O3S2/c1-3-21-14(19)9-13-10-22-16(18-13)23-11(2)15(20)17-12-7-5-4-6-8-12/h4-8,10-11H,3,9H2,1-2H3,(H,17,20)/t11-/m0/s1. The van der Waals surface area contributed by atoms with E-state index in [1.54, 1.807) is 6.92 Å². The number of carbonyl (C=O) groups excluding carboxylic acids is 2. The van der Waals surface area contributed by atoms with Crippen LogP contribution < -0.4 is 5.32 Å². The van der Waals surface area contributed by atoms with Crippen molar-refractivity contribution < 1.29 is 14.3 Å². The lowest BCUT2D eigenvalue weighted by molar-refractivity contribution is -0.142. The van der Waals surface area contributed by atoms with Crippen LogP contribution in [0.2, 0.25) is 0 Å². The molecule has 7 heteroatoms. The van der Waals surface area contributed by atoms with Gasteiger partial charge >= 0.3 is 5.97 Å². The summed E-state index contributed by atoms with van der Waals surface area (Å²) >= 11 is 2.80. The molecule has 0 fully saturated rings. The summed E-state index contributed by atoms with van der Waals surface area (Å²) in [4.78, 5) is 27.9. The number of para-hydroxylation sites is 1. The van der Waals surface area contributed by atoms with Crippen molar-refractivity contribution in [3.63, 3.8) is 0 Å². The highest BCUT2D eigenvalue weighted by Crippen LogP contribution is 2.27. The van der Waals surface area contributed by atoms with E-state index in [4.69, 9.17) is 4.74 Å². The van der Waals surface area contributed by atoms with Crippen molar-refractivity contribution >= 4 is 40.7 Å². The Morgan fingerprint density at radius 3 is 2.78 bits per heavy atom. The zero-order chi connectivity index (χ0) is 16.7. The minimum Gasteiger partial charge on any atom is -0.466 e. The number of esters is 1. The quantitative estimate of drug-likeness (QED) is 0.612. The molecule has 0 radical (unpaired) electrons. The summed E-state index contributed by atoms with van der Waals surface area (Å²) < 4.78 is 5.66.